The number of hydrogen-bond donors (Lipinski definition) is 3. The fourth-order valence-corrected chi connectivity index (χ4v) is 2.35. The SMILES string of the molecule is NC(=NO)c1cc(CNc2cc(Br)ccc2Br)ccn1. The first-order valence-corrected chi connectivity index (χ1v) is 7.30. The highest BCUT2D eigenvalue weighted by Crippen LogP contribution is 2.26. The molecule has 0 aliphatic carbocycles. The monoisotopic (exact) mass is 398 g/mol. The molecule has 20 heavy (non-hydrogen) atoms. The molecule has 104 valence electrons. The van der Waals surface area contributed by atoms with Gasteiger partial charge in [0.2, 0.25) is 0 Å². The molecule has 0 unspecified atom stereocenters. The summed E-state index contributed by atoms with van der Waals surface area (Å²) in [5.74, 6) is -0.00418. The number of anilines is 1. The van der Waals surface area contributed by atoms with Crippen molar-refractivity contribution in [2.24, 2.45) is 10.9 Å². The van der Waals surface area contributed by atoms with Gasteiger partial charge in [0, 0.05) is 27.4 Å². The minimum absolute atomic E-state index is 0.00418. The zero-order valence-electron chi connectivity index (χ0n) is 10.3. The van der Waals surface area contributed by atoms with E-state index in [1.54, 1.807) is 12.3 Å². The maximum absolute atomic E-state index is 8.65. The third-order valence-electron chi connectivity index (χ3n) is 2.61. The summed E-state index contributed by atoms with van der Waals surface area (Å²) in [4.78, 5) is 4.04. The van der Waals surface area contributed by atoms with Crippen LogP contribution in [0.15, 0.2) is 50.6 Å². The van der Waals surface area contributed by atoms with Crippen molar-refractivity contribution >= 4 is 43.4 Å². The number of amidine groups is 1. The Bertz CT molecular complexity index is 646. The van der Waals surface area contributed by atoms with Gasteiger partial charge in [0.05, 0.1) is 0 Å². The second-order valence-electron chi connectivity index (χ2n) is 4.01. The highest BCUT2D eigenvalue weighted by atomic mass is 79.9. The summed E-state index contributed by atoms with van der Waals surface area (Å²) in [6, 6.07) is 9.54. The predicted molar refractivity (Wildman–Crippen MR) is 85.9 cm³/mol. The van der Waals surface area contributed by atoms with E-state index in [2.05, 4.69) is 47.3 Å². The van der Waals surface area contributed by atoms with Crippen LogP contribution in [0.3, 0.4) is 0 Å². The van der Waals surface area contributed by atoms with Gasteiger partial charge in [0.1, 0.15) is 5.69 Å². The molecule has 4 N–H and O–H groups in total. The molecule has 0 fully saturated rings. The first kappa shape index (κ1) is 14.8. The minimum atomic E-state index is -0.00418. The molecule has 0 saturated carbocycles. The summed E-state index contributed by atoms with van der Waals surface area (Å²) >= 11 is 6.92. The second-order valence-corrected chi connectivity index (χ2v) is 5.78. The molecule has 1 heterocycles. The Morgan fingerprint density at radius 3 is 2.85 bits per heavy atom. The van der Waals surface area contributed by atoms with Gasteiger partial charge in [-0.3, -0.25) is 4.98 Å². The highest BCUT2D eigenvalue weighted by Gasteiger charge is 2.04. The van der Waals surface area contributed by atoms with E-state index in [0.29, 0.717) is 12.2 Å². The van der Waals surface area contributed by atoms with Crippen LogP contribution in [-0.4, -0.2) is 16.0 Å². The molecule has 0 saturated heterocycles. The van der Waals surface area contributed by atoms with Crippen LogP contribution in [-0.2, 0) is 6.54 Å². The van der Waals surface area contributed by atoms with Gasteiger partial charge in [-0.2, -0.15) is 0 Å². The average Bonchev–Trinajstić information content (AvgIpc) is 2.47. The first-order chi connectivity index (χ1) is 9.60. The van der Waals surface area contributed by atoms with Crippen molar-refractivity contribution in [3.63, 3.8) is 0 Å². The summed E-state index contributed by atoms with van der Waals surface area (Å²) < 4.78 is 1.97. The maximum atomic E-state index is 8.65. The molecule has 0 aliphatic heterocycles. The van der Waals surface area contributed by atoms with Crippen molar-refractivity contribution < 1.29 is 5.21 Å². The fraction of sp³-hybridized carbons (Fsp3) is 0.0769. The Hall–Kier alpha value is -1.60. The zero-order chi connectivity index (χ0) is 14.5. The third-order valence-corrected chi connectivity index (χ3v) is 3.79. The lowest BCUT2D eigenvalue weighted by molar-refractivity contribution is 0.318. The summed E-state index contributed by atoms with van der Waals surface area (Å²) in [6.45, 7) is 0.600. The Morgan fingerprint density at radius 2 is 2.10 bits per heavy atom. The number of aromatic nitrogens is 1. The quantitative estimate of drug-likeness (QED) is 0.318. The second kappa shape index (κ2) is 6.71. The van der Waals surface area contributed by atoms with Gasteiger partial charge in [0.25, 0.3) is 0 Å². The van der Waals surface area contributed by atoms with Crippen molar-refractivity contribution in [3.8, 4) is 0 Å². The molecule has 0 bridgehead atoms. The van der Waals surface area contributed by atoms with E-state index < -0.39 is 0 Å². The van der Waals surface area contributed by atoms with Gasteiger partial charge in [-0.25, -0.2) is 0 Å². The van der Waals surface area contributed by atoms with Gasteiger partial charge in [-0.05, 0) is 51.8 Å². The number of oxime groups is 1. The van der Waals surface area contributed by atoms with Crippen molar-refractivity contribution in [2.45, 2.75) is 6.54 Å². The molecule has 1 aromatic carbocycles. The van der Waals surface area contributed by atoms with Gasteiger partial charge in [-0.15, -0.1) is 0 Å². The molecular formula is C13H12Br2N4O. The predicted octanol–water partition coefficient (Wildman–Crippen LogP) is 3.31. The first-order valence-electron chi connectivity index (χ1n) is 5.72. The number of halogens is 2. The zero-order valence-corrected chi connectivity index (χ0v) is 13.5. The van der Waals surface area contributed by atoms with Gasteiger partial charge in [0.15, 0.2) is 5.84 Å². The number of nitrogens with zero attached hydrogens (tertiary/aromatic N) is 2. The van der Waals surface area contributed by atoms with Crippen LogP contribution < -0.4 is 11.1 Å². The summed E-state index contributed by atoms with van der Waals surface area (Å²) in [6.07, 6.45) is 1.63. The summed E-state index contributed by atoms with van der Waals surface area (Å²) in [7, 11) is 0. The Balaban J connectivity index is 2.13. The number of rotatable bonds is 4. The Morgan fingerprint density at radius 1 is 1.30 bits per heavy atom. The van der Waals surface area contributed by atoms with Crippen molar-refractivity contribution in [1.82, 2.24) is 4.98 Å². The molecular weight excluding hydrogens is 388 g/mol. The number of hydrogen-bond acceptors (Lipinski definition) is 4. The highest BCUT2D eigenvalue weighted by molar-refractivity contribution is 9.11. The molecule has 1 aromatic heterocycles. The van der Waals surface area contributed by atoms with Crippen LogP contribution in [0.5, 0.6) is 0 Å². The van der Waals surface area contributed by atoms with Crippen LogP contribution in [0.25, 0.3) is 0 Å². The Labute approximate surface area is 133 Å². The minimum Gasteiger partial charge on any atom is -0.409 e. The van der Waals surface area contributed by atoms with Gasteiger partial charge < -0.3 is 16.3 Å². The van der Waals surface area contributed by atoms with Crippen molar-refractivity contribution in [1.29, 1.82) is 0 Å². The number of benzene rings is 1. The maximum Gasteiger partial charge on any atom is 0.188 e. The molecule has 0 spiro atoms. The lowest BCUT2D eigenvalue weighted by atomic mass is 10.2. The van der Waals surface area contributed by atoms with E-state index in [1.165, 1.54) is 0 Å². The van der Waals surface area contributed by atoms with E-state index in [4.69, 9.17) is 10.9 Å². The smallest absolute Gasteiger partial charge is 0.188 e. The van der Waals surface area contributed by atoms with E-state index in [1.807, 2.05) is 24.3 Å². The molecule has 0 radical (unpaired) electrons. The van der Waals surface area contributed by atoms with Crippen LogP contribution in [0, 0.1) is 0 Å². The van der Waals surface area contributed by atoms with Gasteiger partial charge in [-0.1, -0.05) is 21.1 Å². The van der Waals surface area contributed by atoms with Crippen LogP contribution in [0.1, 0.15) is 11.3 Å². The van der Waals surface area contributed by atoms with E-state index in [-0.39, 0.29) is 5.84 Å². The lowest BCUT2D eigenvalue weighted by Crippen LogP contribution is -2.15. The molecule has 7 heteroatoms. The molecule has 0 amide bonds. The summed E-state index contributed by atoms with van der Waals surface area (Å²) in [5.41, 5.74) is 7.92. The fourth-order valence-electron chi connectivity index (χ4n) is 1.61. The normalized spacial score (nSPS) is 11.4. The standard InChI is InChI=1S/C13H12Br2N4O/c14-9-1-2-10(15)11(6-9)18-7-8-3-4-17-12(5-8)13(16)19-20/h1-6,18,20H,7H2,(H2,16,19). The largest absolute Gasteiger partial charge is 0.409 e. The van der Waals surface area contributed by atoms with Crippen molar-refractivity contribution in [3.05, 3.63) is 56.7 Å². The average molecular weight is 400 g/mol. The molecule has 2 rings (SSSR count). The number of nitrogens with one attached hydrogen (secondary N) is 1. The van der Waals surface area contributed by atoms with Gasteiger partial charge >= 0.3 is 0 Å². The van der Waals surface area contributed by atoms with E-state index >= 15 is 0 Å². The topological polar surface area (TPSA) is 83.5 Å². The summed E-state index contributed by atoms with van der Waals surface area (Å²) in [5, 5.41) is 14.9. The number of nitrogens with two attached hydrogens (primary N) is 1. The molecule has 0 aliphatic rings. The van der Waals surface area contributed by atoms with Crippen LogP contribution in [0.2, 0.25) is 0 Å². The van der Waals surface area contributed by atoms with E-state index in [9.17, 15) is 0 Å². The van der Waals surface area contributed by atoms with Crippen LogP contribution in [0.4, 0.5) is 5.69 Å². The molecule has 0 atom stereocenters. The molecule has 5 nitrogen and oxygen atoms in total. The third kappa shape index (κ3) is 3.71. The lowest BCUT2D eigenvalue weighted by Gasteiger charge is -2.09. The number of pyridine rings is 1. The van der Waals surface area contributed by atoms with Crippen molar-refractivity contribution in [2.75, 3.05) is 5.32 Å². The Kier molecular flexibility index (Phi) is 4.97. The molecule has 2 aromatic rings. The van der Waals surface area contributed by atoms with Crippen LogP contribution >= 0.6 is 31.9 Å². The van der Waals surface area contributed by atoms with E-state index in [0.717, 1.165) is 20.2 Å².